The summed E-state index contributed by atoms with van der Waals surface area (Å²) >= 11 is 0. The second kappa shape index (κ2) is 7.54. The Balaban J connectivity index is 0.00000192. The fourth-order valence-corrected chi connectivity index (χ4v) is 2.67. The standard InChI is InChI=1S/C15H18N4O3.ClH/c16-12-5-11(6-13(12)20)15(21)17-7-9-1-3-10(4-2-9)14-18-8-22-19-14;/h1-4,8,11-13,20H,5-7,16H2,(H,17,21);1H/t11-,12+,13+;/m0./s1. The minimum Gasteiger partial charge on any atom is -0.391 e. The van der Waals surface area contributed by atoms with Crippen LogP contribution in [-0.2, 0) is 11.3 Å². The van der Waals surface area contributed by atoms with Crippen molar-refractivity contribution in [2.45, 2.75) is 31.5 Å². The van der Waals surface area contributed by atoms with Crippen LogP contribution < -0.4 is 11.1 Å². The van der Waals surface area contributed by atoms with Crippen LogP contribution in [0.2, 0.25) is 0 Å². The van der Waals surface area contributed by atoms with E-state index in [1.165, 1.54) is 6.39 Å². The van der Waals surface area contributed by atoms with Gasteiger partial charge in [-0.25, -0.2) is 0 Å². The lowest BCUT2D eigenvalue weighted by atomic mass is 10.1. The number of nitrogens with two attached hydrogens (primary N) is 1. The smallest absolute Gasteiger partial charge is 0.223 e. The van der Waals surface area contributed by atoms with E-state index in [4.69, 9.17) is 10.3 Å². The van der Waals surface area contributed by atoms with Crippen LogP contribution in [0.4, 0.5) is 0 Å². The lowest BCUT2D eigenvalue weighted by molar-refractivity contribution is -0.125. The number of carbonyl (C=O) groups excluding carboxylic acids is 1. The number of aliphatic hydroxyl groups is 1. The van der Waals surface area contributed by atoms with Gasteiger partial charge in [0.25, 0.3) is 0 Å². The topological polar surface area (TPSA) is 114 Å². The summed E-state index contributed by atoms with van der Waals surface area (Å²) in [6.45, 7) is 0.438. The van der Waals surface area contributed by atoms with Gasteiger partial charge >= 0.3 is 0 Å². The minimum absolute atomic E-state index is 0. The van der Waals surface area contributed by atoms with Crippen LogP contribution in [0.3, 0.4) is 0 Å². The van der Waals surface area contributed by atoms with Crippen molar-refractivity contribution in [3.8, 4) is 11.4 Å². The first-order valence-corrected chi connectivity index (χ1v) is 7.20. The van der Waals surface area contributed by atoms with Crippen molar-refractivity contribution in [3.63, 3.8) is 0 Å². The van der Waals surface area contributed by atoms with Crippen LogP contribution >= 0.6 is 12.4 Å². The summed E-state index contributed by atoms with van der Waals surface area (Å²) in [4.78, 5) is 16.0. The largest absolute Gasteiger partial charge is 0.391 e. The van der Waals surface area contributed by atoms with Gasteiger partial charge in [-0.1, -0.05) is 29.4 Å². The van der Waals surface area contributed by atoms with Gasteiger partial charge in [0.2, 0.25) is 18.1 Å². The Labute approximate surface area is 139 Å². The molecule has 0 aliphatic heterocycles. The van der Waals surface area contributed by atoms with Gasteiger partial charge in [0.1, 0.15) is 0 Å². The van der Waals surface area contributed by atoms with Crippen molar-refractivity contribution in [1.29, 1.82) is 0 Å². The third-order valence-electron chi connectivity index (χ3n) is 3.99. The zero-order chi connectivity index (χ0) is 15.5. The fourth-order valence-electron chi connectivity index (χ4n) is 2.67. The van der Waals surface area contributed by atoms with Gasteiger partial charge in [0.15, 0.2) is 0 Å². The lowest BCUT2D eigenvalue weighted by Gasteiger charge is -2.10. The van der Waals surface area contributed by atoms with E-state index in [1.807, 2.05) is 24.3 Å². The summed E-state index contributed by atoms with van der Waals surface area (Å²) in [5.41, 5.74) is 7.56. The molecule has 2 aromatic rings. The number of rotatable bonds is 4. The molecule has 0 radical (unpaired) electrons. The summed E-state index contributed by atoms with van der Waals surface area (Å²) in [5.74, 6) is 0.266. The number of amides is 1. The van der Waals surface area contributed by atoms with Crippen molar-refractivity contribution in [2.75, 3.05) is 0 Å². The zero-order valence-electron chi connectivity index (χ0n) is 12.4. The maximum Gasteiger partial charge on any atom is 0.223 e. The molecule has 124 valence electrons. The monoisotopic (exact) mass is 338 g/mol. The van der Waals surface area contributed by atoms with E-state index in [0.29, 0.717) is 25.2 Å². The Morgan fingerprint density at radius 3 is 2.65 bits per heavy atom. The van der Waals surface area contributed by atoms with E-state index in [-0.39, 0.29) is 30.3 Å². The first-order valence-electron chi connectivity index (χ1n) is 7.20. The summed E-state index contributed by atoms with van der Waals surface area (Å²) in [6, 6.07) is 7.26. The fraction of sp³-hybridized carbons (Fsp3) is 0.400. The van der Waals surface area contributed by atoms with Gasteiger partial charge in [0.05, 0.1) is 6.10 Å². The first kappa shape index (κ1) is 17.4. The molecule has 1 fully saturated rings. The third-order valence-corrected chi connectivity index (χ3v) is 3.99. The second-order valence-corrected chi connectivity index (χ2v) is 5.57. The molecule has 3 atom stereocenters. The van der Waals surface area contributed by atoms with Gasteiger partial charge in [-0.15, -0.1) is 12.4 Å². The van der Waals surface area contributed by atoms with Gasteiger partial charge in [0, 0.05) is 24.1 Å². The van der Waals surface area contributed by atoms with Gasteiger partial charge in [-0.3, -0.25) is 4.79 Å². The summed E-state index contributed by atoms with van der Waals surface area (Å²) < 4.78 is 4.70. The molecule has 23 heavy (non-hydrogen) atoms. The predicted octanol–water partition coefficient (Wildman–Crippen LogP) is 0.873. The van der Waals surface area contributed by atoms with Crippen LogP contribution in [0.1, 0.15) is 18.4 Å². The van der Waals surface area contributed by atoms with Gasteiger partial charge in [-0.2, -0.15) is 4.98 Å². The number of nitrogens with one attached hydrogen (secondary N) is 1. The zero-order valence-corrected chi connectivity index (χ0v) is 13.2. The molecule has 7 nitrogen and oxygen atoms in total. The molecule has 1 aromatic carbocycles. The lowest BCUT2D eigenvalue weighted by Crippen LogP contribution is -2.30. The van der Waals surface area contributed by atoms with E-state index >= 15 is 0 Å². The van der Waals surface area contributed by atoms with Gasteiger partial charge in [-0.05, 0) is 18.4 Å². The normalized spacial score (nSPS) is 23.3. The molecule has 0 bridgehead atoms. The number of benzene rings is 1. The van der Waals surface area contributed by atoms with E-state index in [2.05, 4.69) is 15.5 Å². The molecule has 1 amide bonds. The van der Waals surface area contributed by atoms with E-state index in [1.54, 1.807) is 0 Å². The highest BCUT2D eigenvalue weighted by atomic mass is 35.5. The number of aromatic nitrogens is 2. The molecule has 1 heterocycles. The predicted molar refractivity (Wildman–Crippen MR) is 85.5 cm³/mol. The number of halogens is 1. The van der Waals surface area contributed by atoms with E-state index < -0.39 is 6.10 Å². The highest BCUT2D eigenvalue weighted by molar-refractivity contribution is 5.85. The minimum atomic E-state index is -0.579. The van der Waals surface area contributed by atoms with Crippen molar-refractivity contribution < 1.29 is 14.4 Å². The number of hydrogen-bond donors (Lipinski definition) is 3. The molecule has 4 N–H and O–H groups in total. The van der Waals surface area contributed by atoms with Crippen molar-refractivity contribution in [3.05, 3.63) is 36.2 Å². The summed E-state index contributed by atoms with van der Waals surface area (Å²) in [5, 5.41) is 16.2. The Hall–Kier alpha value is -1.96. The molecular formula is C15H19ClN4O3. The Bertz CT molecular complexity index is 623. The van der Waals surface area contributed by atoms with Crippen molar-refractivity contribution in [2.24, 2.45) is 11.7 Å². The number of aliphatic hydroxyl groups excluding tert-OH is 1. The van der Waals surface area contributed by atoms with Crippen LogP contribution in [0.15, 0.2) is 35.2 Å². The Kier molecular flexibility index (Phi) is 5.70. The Morgan fingerprint density at radius 1 is 1.35 bits per heavy atom. The number of nitrogens with zero attached hydrogens (tertiary/aromatic N) is 2. The SMILES string of the molecule is Cl.N[C@@H]1C[C@H](C(=O)NCc2ccc(-c3ncon3)cc2)C[C@H]1O. The molecule has 8 heteroatoms. The summed E-state index contributed by atoms with van der Waals surface area (Å²) in [7, 11) is 0. The van der Waals surface area contributed by atoms with Crippen molar-refractivity contribution in [1.82, 2.24) is 15.5 Å². The highest BCUT2D eigenvalue weighted by Crippen LogP contribution is 2.25. The van der Waals surface area contributed by atoms with Gasteiger partial charge < -0.3 is 20.7 Å². The number of carbonyl (C=O) groups is 1. The highest BCUT2D eigenvalue weighted by Gasteiger charge is 2.34. The molecule has 3 rings (SSSR count). The van der Waals surface area contributed by atoms with E-state index in [9.17, 15) is 9.90 Å². The van der Waals surface area contributed by atoms with Crippen molar-refractivity contribution >= 4 is 18.3 Å². The Morgan fingerprint density at radius 2 is 2.09 bits per heavy atom. The average molecular weight is 339 g/mol. The van der Waals surface area contributed by atoms with Crippen LogP contribution in [0.25, 0.3) is 11.4 Å². The van der Waals surface area contributed by atoms with Crippen LogP contribution in [-0.4, -0.2) is 33.3 Å². The second-order valence-electron chi connectivity index (χ2n) is 5.57. The maximum atomic E-state index is 12.1. The molecule has 1 aliphatic carbocycles. The van der Waals surface area contributed by atoms with E-state index in [0.717, 1.165) is 11.1 Å². The molecule has 0 unspecified atom stereocenters. The molecule has 0 spiro atoms. The molecule has 1 saturated carbocycles. The van der Waals surface area contributed by atoms with Crippen LogP contribution in [0, 0.1) is 5.92 Å². The molecule has 0 saturated heterocycles. The molecular weight excluding hydrogens is 320 g/mol. The average Bonchev–Trinajstić information content (AvgIpc) is 3.16. The summed E-state index contributed by atoms with van der Waals surface area (Å²) in [6.07, 6.45) is 1.67. The van der Waals surface area contributed by atoms with Crippen LogP contribution in [0.5, 0.6) is 0 Å². The first-order chi connectivity index (χ1) is 10.6. The molecule has 1 aliphatic rings. The third kappa shape index (κ3) is 4.07. The maximum absolute atomic E-state index is 12.1. The quantitative estimate of drug-likeness (QED) is 0.762. The number of hydrogen-bond acceptors (Lipinski definition) is 6. The molecule has 1 aromatic heterocycles.